The maximum absolute atomic E-state index is 4.83. The normalized spacial score (nSPS) is 19.1. The summed E-state index contributed by atoms with van der Waals surface area (Å²) >= 11 is 0. The highest BCUT2D eigenvalue weighted by Crippen LogP contribution is 2.20. The van der Waals surface area contributed by atoms with Crippen molar-refractivity contribution in [1.82, 2.24) is 20.5 Å². The van der Waals surface area contributed by atoms with Crippen molar-refractivity contribution in [3.63, 3.8) is 0 Å². The molecule has 6 heteroatoms. The number of hydrogen-bond acceptors (Lipinski definition) is 4. The number of nitrogens with zero attached hydrogens (tertiary/aromatic N) is 4. The summed E-state index contributed by atoms with van der Waals surface area (Å²) in [5.41, 5.74) is 1.35. The third kappa shape index (κ3) is 5.84. The molecule has 0 aromatic carbocycles. The molecule has 0 atom stereocenters. The van der Waals surface area contributed by atoms with Gasteiger partial charge in [-0.1, -0.05) is 6.42 Å². The Morgan fingerprint density at radius 3 is 2.50 bits per heavy atom. The monoisotopic (exact) mass is 386 g/mol. The standard InChI is InChI=1S/C22H38N6/c1-4-23-21(26-18-22(2,3)28-14-6-5-7-15-28)25-17-19-10-11-24-20(16-19)27-12-8-9-13-27/h10-11,16H,4-9,12-15,17-18H2,1-3H3,(H2,23,25,26). The van der Waals surface area contributed by atoms with Gasteiger partial charge in [0.1, 0.15) is 5.82 Å². The van der Waals surface area contributed by atoms with Crippen LogP contribution in [-0.2, 0) is 6.54 Å². The van der Waals surface area contributed by atoms with Crippen LogP contribution in [0.2, 0.25) is 0 Å². The first kappa shape index (κ1) is 20.9. The summed E-state index contributed by atoms with van der Waals surface area (Å²) in [5, 5.41) is 6.96. The molecule has 2 aliphatic rings. The number of hydrogen-bond donors (Lipinski definition) is 2. The van der Waals surface area contributed by atoms with Gasteiger partial charge >= 0.3 is 0 Å². The van der Waals surface area contributed by atoms with Crippen molar-refractivity contribution in [2.24, 2.45) is 4.99 Å². The maximum Gasteiger partial charge on any atom is 0.191 e. The molecule has 28 heavy (non-hydrogen) atoms. The molecule has 0 amide bonds. The van der Waals surface area contributed by atoms with Gasteiger partial charge in [0.25, 0.3) is 0 Å². The molecule has 2 fully saturated rings. The quantitative estimate of drug-likeness (QED) is 0.557. The van der Waals surface area contributed by atoms with E-state index >= 15 is 0 Å². The fraction of sp³-hybridized carbons (Fsp3) is 0.727. The number of pyridine rings is 1. The number of likely N-dealkylation sites (tertiary alicyclic amines) is 1. The number of nitrogens with one attached hydrogen (secondary N) is 2. The average molecular weight is 387 g/mol. The Morgan fingerprint density at radius 1 is 1.07 bits per heavy atom. The highest BCUT2D eigenvalue weighted by atomic mass is 15.2. The zero-order valence-electron chi connectivity index (χ0n) is 18.0. The summed E-state index contributed by atoms with van der Waals surface area (Å²) in [6, 6.07) is 4.26. The van der Waals surface area contributed by atoms with Crippen LogP contribution in [0.3, 0.4) is 0 Å². The van der Waals surface area contributed by atoms with Gasteiger partial charge in [0.2, 0.25) is 0 Å². The van der Waals surface area contributed by atoms with Crippen molar-refractivity contribution < 1.29 is 0 Å². The van der Waals surface area contributed by atoms with E-state index in [0.717, 1.165) is 38.0 Å². The Morgan fingerprint density at radius 2 is 1.79 bits per heavy atom. The summed E-state index contributed by atoms with van der Waals surface area (Å²) in [7, 11) is 0. The maximum atomic E-state index is 4.83. The highest BCUT2D eigenvalue weighted by Gasteiger charge is 2.27. The molecule has 2 saturated heterocycles. The molecule has 0 spiro atoms. The predicted molar refractivity (Wildman–Crippen MR) is 118 cm³/mol. The number of guanidine groups is 1. The predicted octanol–water partition coefficient (Wildman–Crippen LogP) is 3.00. The van der Waals surface area contributed by atoms with Crippen molar-refractivity contribution >= 4 is 11.8 Å². The number of rotatable bonds is 7. The fourth-order valence-electron chi connectivity index (χ4n) is 4.10. The van der Waals surface area contributed by atoms with Crippen LogP contribution < -0.4 is 15.5 Å². The van der Waals surface area contributed by atoms with Gasteiger partial charge in [-0.2, -0.15) is 0 Å². The number of anilines is 1. The lowest BCUT2D eigenvalue weighted by atomic mass is 9.98. The van der Waals surface area contributed by atoms with E-state index in [1.165, 1.54) is 50.8 Å². The molecule has 3 rings (SSSR count). The molecule has 3 heterocycles. The van der Waals surface area contributed by atoms with Gasteiger partial charge in [0, 0.05) is 37.9 Å². The lowest BCUT2D eigenvalue weighted by molar-refractivity contribution is 0.0982. The fourth-order valence-corrected chi connectivity index (χ4v) is 4.10. The van der Waals surface area contributed by atoms with E-state index in [4.69, 9.17) is 4.99 Å². The van der Waals surface area contributed by atoms with Crippen molar-refractivity contribution in [3.05, 3.63) is 23.9 Å². The van der Waals surface area contributed by atoms with Crippen molar-refractivity contribution in [2.75, 3.05) is 44.2 Å². The summed E-state index contributed by atoms with van der Waals surface area (Å²) in [6.45, 7) is 13.9. The molecular formula is C22H38N6. The number of aliphatic imine (C=N–C) groups is 1. The summed E-state index contributed by atoms with van der Waals surface area (Å²) in [5.74, 6) is 1.99. The largest absolute Gasteiger partial charge is 0.357 e. The van der Waals surface area contributed by atoms with Gasteiger partial charge in [-0.05, 0) is 77.2 Å². The second-order valence-electron chi connectivity index (χ2n) is 8.63. The molecule has 0 bridgehead atoms. The summed E-state index contributed by atoms with van der Waals surface area (Å²) in [4.78, 5) is 14.4. The molecule has 0 radical (unpaired) electrons. The minimum absolute atomic E-state index is 0.135. The van der Waals surface area contributed by atoms with Gasteiger partial charge in [0.15, 0.2) is 5.96 Å². The second-order valence-corrected chi connectivity index (χ2v) is 8.63. The van der Waals surface area contributed by atoms with Crippen LogP contribution in [0.25, 0.3) is 0 Å². The minimum atomic E-state index is 0.135. The van der Waals surface area contributed by atoms with E-state index in [-0.39, 0.29) is 5.54 Å². The minimum Gasteiger partial charge on any atom is -0.357 e. The highest BCUT2D eigenvalue weighted by molar-refractivity contribution is 5.79. The van der Waals surface area contributed by atoms with E-state index in [2.05, 4.69) is 58.3 Å². The summed E-state index contributed by atoms with van der Waals surface area (Å²) in [6.07, 6.45) is 8.46. The van der Waals surface area contributed by atoms with Crippen molar-refractivity contribution in [1.29, 1.82) is 0 Å². The molecule has 1 aromatic heterocycles. The Kier molecular flexibility index (Phi) is 7.54. The summed E-state index contributed by atoms with van der Waals surface area (Å²) < 4.78 is 0. The Bertz CT molecular complexity index is 630. The van der Waals surface area contributed by atoms with Gasteiger partial charge in [0.05, 0.1) is 6.54 Å². The lowest BCUT2D eigenvalue weighted by Gasteiger charge is -2.41. The third-order valence-electron chi connectivity index (χ3n) is 5.90. The first-order valence-electron chi connectivity index (χ1n) is 11.1. The number of aromatic nitrogens is 1. The average Bonchev–Trinajstić information content (AvgIpc) is 3.26. The van der Waals surface area contributed by atoms with Crippen LogP contribution in [-0.4, -0.2) is 60.7 Å². The Balaban J connectivity index is 1.58. The zero-order chi connectivity index (χ0) is 19.8. The van der Waals surface area contributed by atoms with E-state index < -0.39 is 0 Å². The lowest BCUT2D eigenvalue weighted by Crippen LogP contribution is -2.54. The number of piperidine rings is 1. The van der Waals surface area contributed by atoms with Gasteiger partial charge in [-0.3, -0.25) is 4.90 Å². The first-order chi connectivity index (χ1) is 13.6. The molecule has 2 N–H and O–H groups in total. The van der Waals surface area contributed by atoms with Crippen LogP contribution >= 0.6 is 0 Å². The molecule has 156 valence electrons. The van der Waals surface area contributed by atoms with Crippen LogP contribution in [0.1, 0.15) is 58.4 Å². The molecule has 0 saturated carbocycles. The molecule has 0 unspecified atom stereocenters. The third-order valence-corrected chi connectivity index (χ3v) is 5.90. The van der Waals surface area contributed by atoms with E-state index in [9.17, 15) is 0 Å². The van der Waals surface area contributed by atoms with Crippen molar-refractivity contribution in [2.45, 2.75) is 65.0 Å². The molecular weight excluding hydrogens is 348 g/mol. The first-order valence-corrected chi connectivity index (χ1v) is 11.1. The Hall–Kier alpha value is -1.82. The van der Waals surface area contributed by atoms with Gasteiger partial charge in [-0.25, -0.2) is 9.98 Å². The molecule has 6 nitrogen and oxygen atoms in total. The van der Waals surface area contributed by atoms with E-state index in [0.29, 0.717) is 6.54 Å². The smallest absolute Gasteiger partial charge is 0.191 e. The SMILES string of the molecule is CCNC(=NCc1ccnc(N2CCCC2)c1)NCC(C)(C)N1CCCCC1. The van der Waals surface area contributed by atoms with E-state index in [1.807, 2.05) is 6.20 Å². The van der Waals surface area contributed by atoms with Gasteiger partial charge < -0.3 is 15.5 Å². The molecule has 0 aliphatic carbocycles. The molecule has 2 aliphatic heterocycles. The van der Waals surface area contributed by atoms with E-state index in [1.54, 1.807) is 0 Å². The van der Waals surface area contributed by atoms with Crippen molar-refractivity contribution in [3.8, 4) is 0 Å². The van der Waals surface area contributed by atoms with Gasteiger partial charge in [-0.15, -0.1) is 0 Å². The Labute approximate surface area is 170 Å². The molecule has 1 aromatic rings. The zero-order valence-corrected chi connectivity index (χ0v) is 18.0. The second kappa shape index (κ2) is 10.1. The van der Waals surface area contributed by atoms with Crippen LogP contribution in [0.5, 0.6) is 0 Å². The van der Waals surface area contributed by atoms with Crippen LogP contribution in [0, 0.1) is 0 Å². The topological polar surface area (TPSA) is 55.8 Å². The van der Waals surface area contributed by atoms with Crippen LogP contribution in [0.4, 0.5) is 5.82 Å². The van der Waals surface area contributed by atoms with Crippen LogP contribution in [0.15, 0.2) is 23.3 Å².